The van der Waals surface area contributed by atoms with Crippen molar-refractivity contribution < 1.29 is 26.9 Å². The van der Waals surface area contributed by atoms with Crippen LogP contribution in [0, 0.1) is 0 Å². The van der Waals surface area contributed by atoms with Crippen molar-refractivity contribution in [2.45, 2.75) is 12.5 Å². The molecule has 1 aromatic rings. The maximum Gasteiger partial charge on any atom is 0.508 e. The van der Waals surface area contributed by atoms with Crippen LogP contribution in [0.25, 0.3) is 0 Å². The first kappa shape index (κ1) is 14.0. The largest absolute Gasteiger partial charge is 0.508 e. The fourth-order valence-electron chi connectivity index (χ4n) is 1.46. The minimum absolute atomic E-state index is 0.0648. The fraction of sp³-hybridized carbons (Fsp3) is 0.364. The highest BCUT2D eigenvalue weighted by Gasteiger charge is 2.27. The van der Waals surface area contributed by atoms with E-state index in [1.165, 1.54) is 24.3 Å². The molecule has 1 aliphatic rings. The molecule has 1 aromatic carbocycles. The van der Waals surface area contributed by atoms with E-state index >= 15 is 0 Å². The fourth-order valence-corrected chi connectivity index (χ4v) is 2.63. The zero-order valence-electron chi connectivity index (χ0n) is 9.74. The predicted octanol–water partition coefficient (Wildman–Crippen LogP) is 1.97. The molecule has 1 atom stereocenters. The molecular weight excluding hydrogens is 296 g/mol. The Bertz CT molecular complexity index is 553. The second kappa shape index (κ2) is 5.66. The SMILES string of the molecule is O=C1OCC(CCS(=O)(=O)Oc2ccc(Cl)cc2)O1. The van der Waals surface area contributed by atoms with Gasteiger partial charge < -0.3 is 13.7 Å². The van der Waals surface area contributed by atoms with Gasteiger partial charge in [0.05, 0.1) is 5.75 Å². The van der Waals surface area contributed by atoms with E-state index in [9.17, 15) is 13.2 Å². The number of carbonyl (C=O) groups excluding carboxylic acids is 1. The number of benzene rings is 1. The number of cyclic esters (lactones) is 2. The molecule has 0 aromatic heterocycles. The number of ether oxygens (including phenoxy) is 2. The average molecular weight is 307 g/mol. The van der Waals surface area contributed by atoms with Crippen molar-refractivity contribution in [1.29, 1.82) is 0 Å². The van der Waals surface area contributed by atoms with Crippen LogP contribution in [-0.4, -0.2) is 33.0 Å². The van der Waals surface area contributed by atoms with Gasteiger partial charge in [-0.3, -0.25) is 0 Å². The van der Waals surface area contributed by atoms with Gasteiger partial charge >= 0.3 is 16.3 Å². The summed E-state index contributed by atoms with van der Waals surface area (Å²) in [5, 5.41) is 0.486. The van der Waals surface area contributed by atoms with Gasteiger partial charge in [0.25, 0.3) is 0 Å². The van der Waals surface area contributed by atoms with Crippen molar-refractivity contribution >= 4 is 27.9 Å². The van der Waals surface area contributed by atoms with E-state index in [0.29, 0.717) is 5.02 Å². The first-order chi connectivity index (χ1) is 8.94. The second-order valence-corrected chi connectivity index (χ2v) is 6.02. The molecule has 0 amide bonds. The molecule has 8 heteroatoms. The van der Waals surface area contributed by atoms with E-state index in [-0.39, 0.29) is 24.5 Å². The second-order valence-electron chi connectivity index (χ2n) is 3.89. The Hall–Kier alpha value is -1.47. The molecule has 0 aliphatic carbocycles. The normalized spacial score (nSPS) is 18.8. The molecule has 1 saturated heterocycles. The summed E-state index contributed by atoms with van der Waals surface area (Å²) in [5.41, 5.74) is 0. The zero-order valence-corrected chi connectivity index (χ0v) is 11.3. The molecule has 0 saturated carbocycles. The molecular formula is C11H11ClO6S. The monoisotopic (exact) mass is 306 g/mol. The summed E-state index contributed by atoms with van der Waals surface area (Å²) in [6, 6.07) is 5.97. The minimum Gasteiger partial charge on any atom is -0.430 e. The van der Waals surface area contributed by atoms with Gasteiger partial charge in [-0.1, -0.05) is 11.6 Å². The van der Waals surface area contributed by atoms with Gasteiger partial charge in [0, 0.05) is 11.4 Å². The molecule has 1 heterocycles. The lowest BCUT2D eigenvalue weighted by atomic mass is 10.3. The van der Waals surface area contributed by atoms with Crippen LogP contribution in [0.4, 0.5) is 4.79 Å². The molecule has 0 N–H and O–H groups in total. The third-order valence-corrected chi connectivity index (χ3v) is 3.81. The molecule has 6 nitrogen and oxygen atoms in total. The highest BCUT2D eigenvalue weighted by molar-refractivity contribution is 7.87. The van der Waals surface area contributed by atoms with Crippen molar-refractivity contribution in [3.05, 3.63) is 29.3 Å². The van der Waals surface area contributed by atoms with Crippen LogP contribution in [-0.2, 0) is 19.6 Å². The highest BCUT2D eigenvalue weighted by Crippen LogP contribution is 2.18. The number of carbonyl (C=O) groups is 1. The van der Waals surface area contributed by atoms with E-state index in [4.69, 9.17) is 20.5 Å². The lowest BCUT2D eigenvalue weighted by molar-refractivity contribution is 0.117. The predicted molar refractivity (Wildman–Crippen MR) is 66.7 cm³/mol. The van der Waals surface area contributed by atoms with Crippen LogP contribution in [0.1, 0.15) is 6.42 Å². The Balaban J connectivity index is 1.88. The summed E-state index contributed by atoms with van der Waals surface area (Å²) in [4.78, 5) is 10.7. The Morgan fingerprint density at radius 1 is 1.32 bits per heavy atom. The van der Waals surface area contributed by atoms with E-state index in [0.717, 1.165) is 0 Å². The van der Waals surface area contributed by atoms with E-state index in [1.807, 2.05) is 0 Å². The zero-order chi connectivity index (χ0) is 13.9. The van der Waals surface area contributed by atoms with Gasteiger partial charge in [-0.15, -0.1) is 0 Å². The summed E-state index contributed by atoms with van der Waals surface area (Å²) in [6.45, 7) is 0.0648. The maximum atomic E-state index is 11.7. The van der Waals surface area contributed by atoms with Gasteiger partial charge in [0.2, 0.25) is 0 Å². The Morgan fingerprint density at radius 2 is 2.00 bits per heavy atom. The summed E-state index contributed by atoms with van der Waals surface area (Å²) < 4.78 is 37.5. The minimum atomic E-state index is -3.74. The van der Waals surface area contributed by atoms with Crippen LogP contribution in [0.3, 0.4) is 0 Å². The average Bonchev–Trinajstić information content (AvgIpc) is 2.76. The third kappa shape index (κ3) is 4.29. The van der Waals surface area contributed by atoms with Crippen LogP contribution in [0.15, 0.2) is 24.3 Å². The quantitative estimate of drug-likeness (QED) is 0.611. The number of halogens is 1. The van der Waals surface area contributed by atoms with Crippen molar-refractivity contribution in [3.8, 4) is 5.75 Å². The molecule has 19 heavy (non-hydrogen) atoms. The lowest BCUT2D eigenvalue weighted by Gasteiger charge is -2.08. The van der Waals surface area contributed by atoms with Crippen molar-refractivity contribution in [2.24, 2.45) is 0 Å². The van der Waals surface area contributed by atoms with Gasteiger partial charge in [0.15, 0.2) is 0 Å². The Labute approximate surface area is 115 Å². The molecule has 1 aliphatic heterocycles. The van der Waals surface area contributed by atoms with Crippen LogP contribution in [0.5, 0.6) is 5.75 Å². The van der Waals surface area contributed by atoms with Gasteiger partial charge in [-0.2, -0.15) is 8.42 Å². The molecule has 0 bridgehead atoms. The first-order valence-electron chi connectivity index (χ1n) is 5.46. The van der Waals surface area contributed by atoms with E-state index in [1.54, 1.807) is 0 Å². The molecule has 0 radical (unpaired) electrons. The molecule has 0 spiro atoms. The standard InChI is InChI=1S/C11H11ClO6S/c12-8-1-3-9(4-2-8)18-19(14,15)6-5-10-7-16-11(13)17-10/h1-4,10H,5-7H2. The summed E-state index contributed by atoms with van der Waals surface area (Å²) in [6.07, 6.45) is -1.20. The Morgan fingerprint density at radius 3 is 2.58 bits per heavy atom. The maximum absolute atomic E-state index is 11.7. The lowest BCUT2D eigenvalue weighted by Crippen LogP contribution is -2.20. The number of hydrogen-bond acceptors (Lipinski definition) is 6. The topological polar surface area (TPSA) is 78.9 Å². The molecule has 104 valence electrons. The van der Waals surface area contributed by atoms with Crippen LogP contribution in [0.2, 0.25) is 5.02 Å². The van der Waals surface area contributed by atoms with Crippen molar-refractivity contribution in [1.82, 2.24) is 0 Å². The van der Waals surface area contributed by atoms with E-state index in [2.05, 4.69) is 4.74 Å². The smallest absolute Gasteiger partial charge is 0.430 e. The van der Waals surface area contributed by atoms with Gasteiger partial charge in [-0.05, 0) is 24.3 Å². The molecule has 1 unspecified atom stereocenters. The first-order valence-corrected chi connectivity index (χ1v) is 7.41. The van der Waals surface area contributed by atoms with Gasteiger partial charge in [0.1, 0.15) is 18.5 Å². The molecule has 1 fully saturated rings. The van der Waals surface area contributed by atoms with Crippen LogP contribution < -0.4 is 4.18 Å². The highest BCUT2D eigenvalue weighted by atomic mass is 35.5. The number of hydrogen-bond donors (Lipinski definition) is 0. The van der Waals surface area contributed by atoms with Crippen molar-refractivity contribution in [2.75, 3.05) is 12.4 Å². The Kier molecular flexibility index (Phi) is 4.16. The summed E-state index contributed by atoms with van der Waals surface area (Å²) in [7, 11) is -3.74. The van der Waals surface area contributed by atoms with Crippen LogP contribution >= 0.6 is 11.6 Å². The third-order valence-electron chi connectivity index (χ3n) is 2.38. The number of rotatable bonds is 5. The summed E-state index contributed by atoms with van der Waals surface area (Å²) in [5.74, 6) is -0.0826. The van der Waals surface area contributed by atoms with E-state index < -0.39 is 22.4 Å². The summed E-state index contributed by atoms with van der Waals surface area (Å²) >= 11 is 5.68. The molecule has 2 rings (SSSR count). The van der Waals surface area contributed by atoms with Crippen molar-refractivity contribution in [3.63, 3.8) is 0 Å². The van der Waals surface area contributed by atoms with Gasteiger partial charge in [-0.25, -0.2) is 4.79 Å².